The van der Waals surface area contributed by atoms with E-state index in [2.05, 4.69) is 15.5 Å². The van der Waals surface area contributed by atoms with Crippen molar-refractivity contribution in [2.75, 3.05) is 13.2 Å². The number of nitrogens with zero attached hydrogens (tertiary/aromatic N) is 3. The summed E-state index contributed by atoms with van der Waals surface area (Å²) in [4.78, 5) is 12.5. The minimum atomic E-state index is -1.03. The first-order valence-corrected chi connectivity index (χ1v) is 9.58. The summed E-state index contributed by atoms with van der Waals surface area (Å²) in [6, 6.07) is 13.0. The van der Waals surface area contributed by atoms with Crippen molar-refractivity contribution in [3.8, 4) is 5.75 Å². The maximum atomic E-state index is 12.5. The van der Waals surface area contributed by atoms with Gasteiger partial charge in [0.2, 0.25) is 11.6 Å². The lowest BCUT2D eigenvalue weighted by Crippen LogP contribution is -2.50. The van der Waals surface area contributed by atoms with Crippen molar-refractivity contribution in [2.45, 2.75) is 46.4 Å². The lowest BCUT2D eigenvalue weighted by Gasteiger charge is -2.23. The molecule has 2 aromatic heterocycles. The van der Waals surface area contributed by atoms with E-state index in [0.717, 1.165) is 5.56 Å². The van der Waals surface area contributed by atoms with Crippen LogP contribution in [0.3, 0.4) is 0 Å². The summed E-state index contributed by atoms with van der Waals surface area (Å²) in [6.07, 6.45) is 1.83. The second kappa shape index (κ2) is 10.2. The predicted octanol–water partition coefficient (Wildman–Crippen LogP) is 2.88. The van der Waals surface area contributed by atoms with E-state index in [0.29, 0.717) is 30.4 Å². The number of hydrogen-bond acceptors (Lipinski definition) is 6. The first-order chi connectivity index (χ1) is 13.9. The largest absolute Gasteiger partial charge is 0.490 e. The number of carbonyl (C=O) groups excluding carboxylic acids is 1. The van der Waals surface area contributed by atoms with Crippen LogP contribution in [0, 0.1) is 0 Å². The highest BCUT2D eigenvalue weighted by Crippen LogP contribution is 2.22. The molecule has 1 aromatic carbocycles. The van der Waals surface area contributed by atoms with Gasteiger partial charge in [0.15, 0.2) is 11.6 Å². The minimum Gasteiger partial charge on any atom is -0.490 e. The Hall–Kier alpha value is -2.97. The second-order valence-electron chi connectivity index (χ2n) is 7.31. The molecule has 1 atom stereocenters. The number of hydrogen-bond donors (Lipinski definition) is 2. The molecular weight excluding hydrogens is 382 g/mol. The first-order valence-electron chi connectivity index (χ1n) is 9.58. The highest BCUT2D eigenvalue weighted by molar-refractivity contribution is 5.85. The number of aromatic nitrogens is 3. The fourth-order valence-corrected chi connectivity index (χ4v) is 2.81. The number of ether oxygens (including phenoxy) is 2. The molecule has 3 rings (SSSR count). The normalized spacial score (nSPS) is 12.3. The summed E-state index contributed by atoms with van der Waals surface area (Å²) in [5.41, 5.74) is 6.55. The summed E-state index contributed by atoms with van der Waals surface area (Å²) in [5, 5.41) is 11.5. The molecule has 0 radical (unpaired) electrons. The molecule has 3 N–H and O–H groups in total. The van der Waals surface area contributed by atoms with Crippen LogP contribution in [0.4, 0.5) is 0 Å². The quantitative estimate of drug-likeness (QED) is 0.559. The van der Waals surface area contributed by atoms with Crippen molar-refractivity contribution >= 4 is 11.6 Å². The zero-order valence-electron chi connectivity index (χ0n) is 17.0. The van der Waals surface area contributed by atoms with Gasteiger partial charge in [0.25, 0.3) is 0 Å². The predicted molar refractivity (Wildman–Crippen MR) is 116 cm³/mol. The Labute approximate surface area is 177 Å². The Balaban J connectivity index is 0.00000320. The summed E-state index contributed by atoms with van der Waals surface area (Å²) < 4.78 is 13.3. The maximum Gasteiger partial charge on any atom is 0.240 e. The zero-order valence-corrected chi connectivity index (χ0v) is 17.0. The molecule has 0 spiro atoms. The fraction of sp³-hybridized carbons (Fsp3) is 0.409. The monoisotopic (exact) mass is 413 g/mol. The zero-order chi connectivity index (χ0) is 20.9. The van der Waals surface area contributed by atoms with Crippen molar-refractivity contribution in [1.29, 1.82) is 0 Å². The Bertz CT molecular complexity index is 950. The summed E-state index contributed by atoms with van der Waals surface area (Å²) in [6.45, 7) is 6.36. The van der Waals surface area contributed by atoms with E-state index in [1.54, 1.807) is 18.2 Å². The lowest BCUT2D eigenvalue weighted by molar-refractivity contribution is -0.126. The van der Waals surface area contributed by atoms with Crippen molar-refractivity contribution in [1.82, 2.24) is 19.9 Å². The smallest absolute Gasteiger partial charge is 0.240 e. The van der Waals surface area contributed by atoms with Crippen molar-refractivity contribution in [3.05, 3.63) is 60.0 Å². The summed E-state index contributed by atoms with van der Waals surface area (Å²) in [5.74, 6) is 0.874. The van der Waals surface area contributed by atoms with E-state index in [-0.39, 0.29) is 19.9 Å². The Morgan fingerprint density at radius 2 is 1.93 bits per heavy atom. The van der Waals surface area contributed by atoms with E-state index < -0.39 is 11.6 Å². The molecular formula is C22H31N5O3. The van der Waals surface area contributed by atoms with Crippen LogP contribution in [-0.4, -0.2) is 39.3 Å². The van der Waals surface area contributed by atoms with Crippen LogP contribution >= 0.6 is 0 Å². The Kier molecular flexibility index (Phi) is 7.91. The van der Waals surface area contributed by atoms with Crippen LogP contribution in [0.1, 0.15) is 45.6 Å². The van der Waals surface area contributed by atoms with E-state index in [9.17, 15) is 4.79 Å². The number of rotatable bonds is 9. The van der Waals surface area contributed by atoms with Gasteiger partial charge in [0, 0.05) is 6.20 Å². The van der Waals surface area contributed by atoms with Gasteiger partial charge in [-0.05, 0) is 38.5 Å². The van der Waals surface area contributed by atoms with Crippen LogP contribution in [0.5, 0.6) is 5.75 Å². The van der Waals surface area contributed by atoms with E-state index in [1.807, 2.05) is 55.6 Å². The number of amides is 1. The van der Waals surface area contributed by atoms with Crippen LogP contribution in [0.25, 0.3) is 5.65 Å². The van der Waals surface area contributed by atoms with Gasteiger partial charge in [-0.25, -0.2) is 0 Å². The third-order valence-corrected chi connectivity index (χ3v) is 4.32. The van der Waals surface area contributed by atoms with Gasteiger partial charge in [-0.1, -0.05) is 37.8 Å². The van der Waals surface area contributed by atoms with Crippen LogP contribution in [-0.2, 0) is 16.1 Å². The van der Waals surface area contributed by atoms with Crippen LogP contribution < -0.4 is 15.8 Å². The van der Waals surface area contributed by atoms with Gasteiger partial charge in [-0.15, -0.1) is 10.2 Å². The van der Waals surface area contributed by atoms with Gasteiger partial charge in [0.1, 0.15) is 6.04 Å². The molecule has 0 aliphatic carbocycles. The number of benzene rings is 1. The van der Waals surface area contributed by atoms with Gasteiger partial charge in [-0.2, -0.15) is 0 Å². The molecule has 0 aliphatic heterocycles. The average Bonchev–Trinajstić information content (AvgIpc) is 3.12. The highest BCUT2D eigenvalue weighted by Gasteiger charge is 2.28. The molecule has 30 heavy (non-hydrogen) atoms. The number of nitrogens with two attached hydrogens (primary N) is 1. The van der Waals surface area contributed by atoms with E-state index in [4.69, 9.17) is 15.2 Å². The van der Waals surface area contributed by atoms with Gasteiger partial charge in [-0.3, -0.25) is 9.20 Å². The number of carbonyl (C=O) groups is 1. The Morgan fingerprint density at radius 1 is 1.20 bits per heavy atom. The lowest BCUT2D eigenvalue weighted by atomic mass is 10.1. The third kappa shape index (κ3) is 5.55. The van der Waals surface area contributed by atoms with Crippen molar-refractivity contribution < 1.29 is 14.3 Å². The molecule has 0 saturated heterocycles. The van der Waals surface area contributed by atoms with Crippen molar-refractivity contribution in [3.63, 3.8) is 0 Å². The molecule has 0 aliphatic rings. The number of pyridine rings is 1. The average molecular weight is 414 g/mol. The van der Waals surface area contributed by atoms with E-state index in [1.165, 1.54) is 0 Å². The molecule has 0 saturated carbocycles. The molecule has 0 unspecified atom stereocenters. The molecule has 1 amide bonds. The van der Waals surface area contributed by atoms with Crippen LogP contribution in [0.2, 0.25) is 0 Å². The van der Waals surface area contributed by atoms with Crippen molar-refractivity contribution in [2.24, 2.45) is 5.73 Å². The molecule has 2 heterocycles. The summed E-state index contributed by atoms with van der Waals surface area (Å²) in [7, 11) is 0. The van der Waals surface area contributed by atoms with Crippen LogP contribution in [0.15, 0.2) is 48.7 Å². The summed E-state index contributed by atoms with van der Waals surface area (Å²) >= 11 is 0. The van der Waals surface area contributed by atoms with Gasteiger partial charge < -0.3 is 20.5 Å². The molecule has 3 aromatic rings. The van der Waals surface area contributed by atoms with E-state index >= 15 is 0 Å². The first kappa shape index (κ1) is 23.3. The SMILES string of the molecule is C.CCOc1cccn2c([C@@H](COCc3ccccc3)NC(=O)C(C)(C)N)nnc12. The van der Waals surface area contributed by atoms with Gasteiger partial charge in [0.05, 0.1) is 25.4 Å². The topological polar surface area (TPSA) is 104 Å². The Morgan fingerprint density at radius 3 is 2.60 bits per heavy atom. The molecule has 8 nitrogen and oxygen atoms in total. The standard InChI is InChI=1S/C21H27N5O3.CH4/c1-4-29-17-11-8-12-26-18(24-25-19(17)26)16(23-20(27)21(2,3)22)14-28-13-15-9-6-5-7-10-15;/h5-12,16H,4,13-14,22H2,1-3H3,(H,23,27);1H4/t16-;/m1./s1. The molecule has 162 valence electrons. The minimum absolute atomic E-state index is 0. The highest BCUT2D eigenvalue weighted by atomic mass is 16.5. The third-order valence-electron chi connectivity index (χ3n) is 4.32. The fourth-order valence-electron chi connectivity index (χ4n) is 2.81. The van der Waals surface area contributed by atoms with Gasteiger partial charge >= 0.3 is 0 Å². The maximum absolute atomic E-state index is 12.5. The molecule has 0 fully saturated rings. The molecule has 0 bridgehead atoms. The number of nitrogens with one attached hydrogen (secondary N) is 1. The number of fused-ring (bicyclic) bond motifs is 1. The second-order valence-corrected chi connectivity index (χ2v) is 7.31. The molecule has 8 heteroatoms.